The van der Waals surface area contributed by atoms with Crippen LogP contribution in [0.25, 0.3) is 0 Å². The Hall–Kier alpha value is -2.05. The highest BCUT2D eigenvalue weighted by Gasteiger charge is 2.24. The summed E-state index contributed by atoms with van der Waals surface area (Å²) in [5, 5.41) is 1.89. The number of amides is 1. The van der Waals surface area contributed by atoms with Crippen molar-refractivity contribution < 1.29 is 27.5 Å². The normalized spacial score (nSPS) is 9.94. The van der Waals surface area contributed by atoms with Crippen molar-refractivity contribution in [2.24, 2.45) is 0 Å². The number of hydrogen-bond acceptors (Lipinski definition) is 3. The van der Waals surface area contributed by atoms with Crippen LogP contribution in [-0.4, -0.2) is 19.0 Å². The molecular weight excluding hydrogens is 239 g/mol. The van der Waals surface area contributed by atoms with E-state index in [1.54, 1.807) is 0 Å². The number of anilines is 1. The zero-order valence-electron chi connectivity index (χ0n) is 8.94. The van der Waals surface area contributed by atoms with Gasteiger partial charge in [0.15, 0.2) is 11.6 Å². The Morgan fingerprint density at radius 3 is 2.29 bits per heavy atom. The van der Waals surface area contributed by atoms with Crippen LogP contribution in [0.1, 0.15) is 17.3 Å². The maximum Gasteiger partial charge on any atom is 0.343 e. The fraction of sp³-hybridized carbons (Fsp3) is 0.200. The van der Waals surface area contributed by atoms with Crippen LogP contribution in [0.15, 0.2) is 6.07 Å². The predicted molar refractivity (Wildman–Crippen MR) is 52.0 cm³/mol. The van der Waals surface area contributed by atoms with E-state index in [1.165, 1.54) is 0 Å². The molecule has 0 bridgehead atoms. The molecule has 1 amide bonds. The lowest BCUT2D eigenvalue weighted by Crippen LogP contribution is -2.14. The monoisotopic (exact) mass is 247 g/mol. The van der Waals surface area contributed by atoms with E-state index in [0.29, 0.717) is 6.07 Å². The van der Waals surface area contributed by atoms with Crippen molar-refractivity contribution >= 4 is 17.6 Å². The molecule has 17 heavy (non-hydrogen) atoms. The highest BCUT2D eigenvalue weighted by Crippen LogP contribution is 2.24. The molecule has 0 aliphatic rings. The van der Waals surface area contributed by atoms with Crippen molar-refractivity contribution in [1.29, 1.82) is 0 Å². The van der Waals surface area contributed by atoms with Gasteiger partial charge in [-0.25, -0.2) is 18.0 Å². The van der Waals surface area contributed by atoms with Gasteiger partial charge in [-0.05, 0) is 0 Å². The Bertz CT molecular complexity index is 488. The van der Waals surface area contributed by atoms with Crippen molar-refractivity contribution in [1.82, 2.24) is 0 Å². The van der Waals surface area contributed by atoms with E-state index >= 15 is 0 Å². The molecule has 0 heterocycles. The largest absolute Gasteiger partial charge is 0.465 e. The molecule has 0 spiro atoms. The van der Waals surface area contributed by atoms with Gasteiger partial charge in [0.05, 0.1) is 12.8 Å². The minimum Gasteiger partial charge on any atom is -0.465 e. The molecule has 0 saturated heterocycles. The lowest BCUT2D eigenvalue weighted by Gasteiger charge is -2.08. The van der Waals surface area contributed by atoms with Crippen LogP contribution in [-0.2, 0) is 9.53 Å². The van der Waals surface area contributed by atoms with Crippen molar-refractivity contribution in [2.45, 2.75) is 6.92 Å². The topological polar surface area (TPSA) is 55.4 Å². The Labute approximate surface area is 94.4 Å². The van der Waals surface area contributed by atoms with Crippen LogP contribution in [0, 0.1) is 17.5 Å². The minimum absolute atomic E-state index is 0.506. The summed E-state index contributed by atoms with van der Waals surface area (Å²) in [7, 11) is 0.904. The molecule has 0 atom stereocenters. The summed E-state index contributed by atoms with van der Waals surface area (Å²) in [6.45, 7) is 1.05. The predicted octanol–water partition coefficient (Wildman–Crippen LogP) is 1.85. The number of carbonyl (C=O) groups excluding carboxylic acids is 2. The number of ether oxygens (including phenoxy) is 1. The molecule has 4 nitrogen and oxygen atoms in total. The minimum atomic E-state index is -1.71. The van der Waals surface area contributed by atoms with Gasteiger partial charge >= 0.3 is 5.97 Å². The number of methoxy groups -OCH3 is 1. The molecule has 1 rings (SSSR count). The molecular formula is C10H8F3NO3. The van der Waals surface area contributed by atoms with E-state index in [0.717, 1.165) is 14.0 Å². The summed E-state index contributed by atoms with van der Waals surface area (Å²) in [4.78, 5) is 21.6. The Morgan fingerprint density at radius 1 is 1.24 bits per heavy atom. The first-order valence-corrected chi connectivity index (χ1v) is 4.41. The number of esters is 1. The number of halogens is 3. The van der Waals surface area contributed by atoms with E-state index in [4.69, 9.17) is 0 Å². The van der Waals surface area contributed by atoms with Crippen LogP contribution in [0.5, 0.6) is 0 Å². The van der Waals surface area contributed by atoms with Crippen molar-refractivity contribution in [2.75, 3.05) is 12.4 Å². The maximum atomic E-state index is 13.3. The Morgan fingerprint density at radius 2 is 1.82 bits per heavy atom. The smallest absolute Gasteiger partial charge is 0.343 e. The third-order valence-electron chi connectivity index (χ3n) is 1.86. The van der Waals surface area contributed by atoms with Crippen LogP contribution >= 0.6 is 0 Å². The fourth-order valence-corrected chi connectivity index (χ4v) is 1.16. The lowest BCUT2D eigenvalue weighted by atomic mass is 10.1. The molecule has 92 valence electrons. The number of hydrogen-bond donors (Lipinski definition) is 1. The molecule has 7 heteroatoms. The first kappa shape index (κ1) is 13.0. The van der Waals surface area contributed by atoms with Gasteiger partial charge in [0.25, 0.3) is 0 Å². The number of benzene rings is 1. The Balaban J connectivity index is 3.36. The number of carbonyl (C=O) groups is 2. The van der Waals surface area contributed by atoms with Gasteiger partial charge in [0.1, 0.15) is 11.4 Å². The van der Waals surface area contributed by atoms with Crippen molar-refractivity contribution in [3.63, 3.8) is 0 Å². The molecule has 1 aromatic rings. The zero-order valence-corrected chi connectivity index (χ0v) is 8.94. The molecule has 1 aromatic carbocycles. The summed E-state index contributed by atoms with van der Waals surface area (Å²) in [6.07, 6.45) is 0. The second-order valence-electron chi connectivity index (χ2n) is 3.08. The van der Waals surface area contributed by atoms with Crippen LogP contribution in [0.4, 0.5) is 18.9 Å². The van der Waals surface area contributed by atoms with Gasteiger partial charge in [-0.1, -0.05) is 0 Å². The average Bonchev–Trinajstić information content (AvgIpc) is 2.24. The summed E-state index contributed by atoms with van der Waals surface area (Å²) >= 11 is 0. The first-order chi connectivity index (χ1) is 7.88. The van der Waals surface area contributed by atoms with Crippen LogP contribution < -0.4 is 5.32 Å². The van der Waals surface area contributed by atoms with E-state index in [1.807, 2.05) is 5.32 Å². The van der Waals surface area contributed by atoms with Gasteiger partial charge in [0, 0.05) is 13.0 Å². The first-order valence-electron chi connectivity index (χ1n) is 4.41. The van der Waals surface area contributed by atoms with Gasteiger partial charge in [0.2, 0.25) is 5.91 Å². The van der Waals surface area contributed by atoms with Crippen LogP contribution in [0.2, 0.25) is 0 Å². The number of rotatable bonds is 2. The van der Waals surface area contributed by atoms with Gasteiger partial charge < -0.3 is 10.1 Å². The number of nitrogens with one attached hydrogen (secondary N) is 1. The van der Waals surface area contributed by atoms with E-state index in [-0.39, 0.29) is 0 Å². The molecule has 0 aromatic heterocycles. The Kier molecular flexibility index (Phi) is 3.72. The highest BCUT2D eigenvalue weighted by atomic mass is 19.2. The third kappa shape index (κ3) is 2.55. The second kappa shape index (κ2) is 4.86. The summed E-state index contributed by atoms with van der Waals surface area (Å²) < 4.78 is 44.1. The summed E-state index contributed by atoms with van der Waals surface area (Å²) in [5.41, 5.74) is -1.82. The summed E-state index contributed by atoms with van der Waals surface area (Å²) in [5.74, 6) is -6.59. The molecule has 1 N–H and O–H groups in total. The SMILES string of the molecule is COC(=O)c1c(F)cc(NC(C)=O)c(F)c1F. The highest BCUT2D eigenvalue weighted by molar-refractivity contribution is 5.92. The van der Waals surface area contributed by atoms with Gasteiger partial charge in [-0.2, -0.15) is 0 Å². The van der Waals surface area contributed by atoms with E-state index < -0.39 is 40.6 Å². The summed E-state index contributed by atoms with van der Waals surface area (Å²) in [6, 6.07) is 0.506. The third-order valence-corrected chi connectivity index (χ3v) is 1.86. The molecule has 0 fully saturated rings. The van der Waals surface area contributed by atoms with Gasteiger partial charge in [-0.15, -0.1) is 0 Å². The molecule has 0 saturated carbocycles. The average molecular weight is 247 g/mol. The standard InChI is InChI=1S/C10H8F3NO3/c1-4(15)14-6-3-5(11)7(10(16)17-2)9(13)8(6)12/h3H,1-2H3,(H,14,15). The molecule has 0 aliphatic carbocycles. The maximum absolute atomic E-state index is 13.3. The van der Waals surface area contributed by atoms with E-state index in [9.17, 15) is 22.8 Å². The quantitative estimate of drug-likeness (QED) is 0.641. The van der Waals surface area contributed by atoms with Crippen molar-refractivity contribution in [3.05, 3.63) is 29.1 Å². The molecule has 0 aliphatic heterocycles. The van der Waals surface area contributed by atoms with Crippen molar-refractivity contribution in [3.8, 4) is 0 Å². The second-order valence-corrected chi connectivity index (χ2v) is 3.08. The molecule has 0 unspecified atom stereocenters. The van der Waals surface area contributed by atoms with Crippen LogP contribution in [0.3, 0.4) is 0 Å². The molecule has 0 radical (unpaired) electrons. The zero-order chi connectivity index (χ0) is 13.2. The van der Waals surface area contributed by atoms with E-state index in [2.05, 4.69) is 4.74 Å². The lowest BCUT2D eigenvalue weighted by molar-refractivity contribution is -0.114. The van der Waals surface area contributed by atoms with Gasteiger partial charge in [-0.3, -0.25) is 4.79 Å². The fourth-order valence-electron chi connectivity index (χ4n) is 1.16.